The maximum absolute atomic E-state index is 15.5. The molecular weight excluding hydrogens is 585 g/mol. The van der Waals surface area contributed by atoms with Gasteiger partial charge in [0.1, 0.15) is 12.2 Å². The van der Waals surface area contributed by atoms with E-state index in [4.69, 9.17) is 0 Å². The van der Waals surface area contributed by atoms with Gasteiger partial charge in [-0.25, -0.2) is 17.9 Å². The van der Waals surface area contributed by atoms with Gasteiger partial charge in [-0.3, -0.25) is 14.5 Å². The maximum atomic E-state index is 15.5. The van der Waals surface area contributed by atoms with E-state index in [-0.39, 0.29) is 24.3 Å². The summed E-state index contributed by atoms with van der Waals surface area (Å²) in [5.74, 6) is -3.02. The largest absolute Gasteiger partial charge is 0.394 e. The van der Waals surface area contributed by atoms with E-state index in [0.29, 0.717) is 48.4 Å². The van der Waals surface area contributed by atoms with Crippen LogP contribution in [0.4, 0.5) is 13.2 Å². The monoisotopic (exact) mass is 628 g/mol. The van der Waals surface area contributed by atoms with Crippen molar-refractivity contribution in [2.24, 2.45) is 5.92 Å². The van der Waals surface area contributed by atoms with E-state index in [1.807, 2.05) is 50.8 Å². The first-order valence-electron chi connectivity index (χ1n) is 15.4. The summed E-state index contributed by atoms with van der Waals surface area (Å²) in [6.45, 7) is 9.82. The predicted octanol–water partition coefficient (Wildman–Crippen LogP) is 4.50. The molecule has 3 atom stereocenters. The number of aliphatic hydroxyl groups excluding tert-OH is 2. The molecule has 0 radical (unpaired) electrons. The number of hydrogen-bond donors (Lipinski definition) is 3. The smallest absolute Gasteiger partial charge is 0.267 e. The number of aryl methyl sites for hydroxylation is 3. The van der Waals surface area contributed by atoms with Crippen molar-refractivity contribution in [3.63, 3.8) is 0 Å². The molecule has 1 unspecified atom stereocenters. The molecule has 0 bridgehead atoms. The Morgan fingerprint density at radius 2 is 1.73 bits per heavy atom. The van der Waals surface area contributed by atoms with Crippen LogP contribution in [-0.4, -0.2) is 69.3 Å². The minimum Gasteiger partial charge on any atom is -0.394 e. The summed E-state index contributed by atoms with van der Waals surface area (Å²) in [5, 5.41) is 27.3. The van der Waals surface area contributed by atoms with Gasteiger partial charge in [0.2, 0.25) is 5.91 Å². The lowest BCUT2D eigenvalue weighted by Crippen LogP contribution is -2.49. The third kappa shape index (κ3) is 8.19. The van der Waals surface area contributed by atoms with Crippen LogP contribution in [0.25, 0.3) is 11.1 Å². The average molecular weight is 629 g/mol. The van der Waals surface area contributed by atoms with E-state index in [1.165, 1.54) is 12.1 Å². The number of likely N-dealkylation sites (tertiary alicyclic amines) is 1. The highest BCUT2D eigenvalue weighted by atomic mass is 19.2. The van der Waals surface area contributed by atoms with Crippen LogP contribution >= 0.6 is 0 Å². The Morgan fingerprint density at radius 1 is 1.07 bits per heavy atom. The molecule has 2 heterocycles. The van der Waals surface area contributed by atoms with Crippen molar-refractivity contribution in [2.75, 3.05) is 26.2 Å². The summed E-state index contributed by atoms with van der Waals surface area (Å²) in [7, 11) is 0. The van der Waals surface area contributed by atoms with Gasteiger partial charge in [-0.2, -0.15) is 5.10 Å². The fourth-order valence-corrected chi connectivity index (χ4v) is 5.94. The van der Waals surface area contributed by atoms with Gasteiger partial charge in [0.15, 0.2) is 11.6 Å². The van der Waals surface area contributed by atoms with E-state index in [0.717, 1.165) is 21.9 Å². The molecule has 8 nitrogen and oxygen atoms in total. The zero-order chi connectivity index (χ0) is 33.0. The molecule has 1 saturated heterocycles. The van der Waals surface area contributed by atoms with Crippen LogP contribution in [0.15, 0.2) is 41.2 Å². The molecule has 0 saturated carbocycles. The van der Waals surface area contributed by atoms with Gasteiger partial charge in [-0.05, 0) is 73.1 Å². The number of alkyl halides is 1. The minimum absolute atomic E-state index is 0.0511. The molecule has 244 valence electrons. The first-order chi connectivity index (χ1) is 21.3. The molecule has 4 rings (SSSR count). The van der Waals surface area contributed by atoms with Gasteiger partial charge in [0, 0.05) is 44.1 Å². The molecule has 45 heavy (non-hydrogen) atoms. The molecule has 0 aliphatic carbocycles. The zero-order valence-corrected chi connectivity index (χ0v) is 26.5. The second-order valence-corrected chi connectivity index (χ2v) is 12.6. The Morgan fingerprint density at radius 3 is 2.33 bits per heavy atom. The van der Waals surface area contributed by atoms with Crippen LogP contribution in [0.3, 0.4) is 0 Å². The fraction of sp³-hybridized carbons (Fsp3) is 0.500. The van der Waals surface area contributed by atoms with E-state index in [2.05, 4.69) is 10.4 Å². The molecular formula is C34H43F3N4O4. The summed E-state index contributed by atoms with van der Waals surface area (Å²) >= 11 is 0. The predicted molar refractivity (Wildman–Crippen MR) is 167 cm³/mol. The van der Waals surface area contributed by atoms with Crippen LogP contribution in [-0.2, 0) is 11.2 Å². The number of rotatable bonds is 13. The standard InChI is InChI=1S/C34H43F3N4O4/c1-19(2)11-30(41-31(44)12-22(5)28(39-41)9-10-40-16-24(35)17-40)34(45)38-29(15-25(43)18-42)26-13-23(14-27(36)33(26)37)32-20(3)7-6-8-21(32)4/h6-8,12-14,19,24-25,29-30,42-43H,9-11,15-18H2,1-5H3,(H,38,45)/t25?,29-,30-/m0/s1. The summed E-state index contributed by atoms with van der Waals surface area (Å²) in [6, 6.07) is 7.20. The van der Waals surface area contributed by atoms with Crippen molar-refractivity contribution in [2.45, 2.75) is 78.2 Å². The summed E-state index contributed by atoms with van der Waals surface area (Å²) in [6.07, 6.45) is -1.83. The summed E-state index contributed by atoms with van der Waals surface area (Å²) in [4.78, 5) is 29.1. The normalized spacial score (nSPS) is 16.0. The number of aliphatic hydroxyl groups is 2. The first kappa shape index (κ1) is 34.3. The Balaban J connectivity index is 1.72. The van der Waals surface area contributed by atoms with Crippen molar-refractivity contribution in [1.82, 2.24) is 20.0 Å². The van der Waals surface area contributed by atoms with Crippen molar-refractivity contribution < 1.29 is 28.2 Å². The Bertz CT molecular complexity index is 1550. The van der Waals surface area contributed by atoms with Gasteiger partial charge in [0.05, 0.1) is 24.4 Å². The zero-order valence-electron chi connectivity index (χ0n) is 26.5. The number of carbonyl (C=O) groups excluding carboxylic acids is 1. The first-order valence-corrected chi connectivity index (χ1v) is 15.4. The third-order valence-corrected chi connectivity index (χ3v) is 8.36. The van der Waals surface area contributed by atoms with Gasteiger partial charge >= 0.3 is 0 Å². The summed E-state index contributed by atoms with van der Waals surface area (Å²) in [5.41, 5.74) is 3.37. The molecule has 3 N–H and O–H groups in total. The number of nitrogens with one attached hydrogen (secondary N) is 1. The molecule has 1 aliphatic heterocycles. The minimum atomic E-state index is -1.34. The van der Waals surface area contributed by atoms with Gasteiger partial charge in [-0.15, -0.1) is 0 Å². The maximum Gasteiger partial charge on any atom is 0.267 e. The SMILES string of the molecule is Cc1cc(=O)n([C@@H](CC(C)C)C(=O)N[C@@H](CC(O)CO)c2cc(-c3c(C)cccc3C)cc(F)c2F)nc1CCN1CC(F)C1. The van der Waals surface area contributed by atoms with E-state index in [9.17, 15) is 24.2 Å². The fourth-order valence-electron chi connectivity index (χ4n) is 5.94. The molecule has 3 aromatic rings. The van der Waals surface area contributed by atoms with Crippen LogP contribution in [0.1, 0.15) is 66.7 Å². The van der Waals surface area contributed by atoms with Gasteiger partial charge < -0.3 is 15.5 Å². The highest BCUT2D eigenvalue weighted by molar-refractivity contribution is 5.81. The van der Waals surface area contributed by atoms with Crippen LogP contribution in [0, 0.1) is 38.3 Å². The van der Waals surface area contributed by atoms with E-state index in [1.54, 1.807) is 6.92 Å². The Labute approximate surface area is 261 Å². The molecule has 1 amide bonds. The van der Waals surface area contributed by atoms with Crippen molar-refractivity contribution in [3.05, 3.63) is 86.3 Å². The van der Waals surface area contributed by atoms with Gasteiger partial charge in [0.25, 0.3) is 5.56 Å². The molecule has 2 aromatic carbocycles. The van der Waals surface area contributed by atoms with E-state index >= 15 is 8.78 Å². The molecule has 0 spiro atoms. The van der Waals surface area contributed by atoms with E-state index < -0.39 is 54.1 Å². The lowest BCUT2D eigenvalue weighted by Gasteiger charge is -2.34. The molecule has 1 aliphatic rings. The molecule has 11 heteroatoms. The quantitative estimate of drug-likeness (QED) is 0.258. The second-order valence-electron chi connectivity index (χ2n) is 12.6. The Kier molecular flexibility index (Phi) is 11.2. The summed E-state index contributed by atoms with van der Waals surface area (Å²) < 4.78 is 45.1. The molecule has 1 fully saturated rings. The second kappa shape index (κ2) is 14.7. The van der Waals surface area contributed by atoms with Crippen LogP contribution in [0.2, 0.25) is 0 Å². The van der Waals surface area contributed by atoms with Crippen molar-refractivity contribution in [1.29, 1.82) is 0 Å². The third-order valence-electron chi connectivity index (χ3n) is 8.36. The average Bonchev–Trinajstić information content (AvgIpc) is 2.95. The number of nitrogens with zero attached hydrogens (tertiary/aromatic N) is 3. The number of halogens is 3. The molecule has 1 aromatic heterocycles. The number of benzene rings is 2. The topological polar surface area (TPSA) is 108 Å². The lowest BCUT2D eigenvalue weighted by molar-refractivity contribution is -0.126. The highest BCUT2D eigenvalue weighted by Gasteiger charge is 2.31. The van der Waals surface area contributed by atoms with Gasteiger partial charge in [-0.1, -0.05) is 32.0 Å². The van der Waals surface area contributed by atoms with Crippen molar-refractivity contribution >= 4 is 5.91 Å². The number of carbonyl (C=O) groups is 1. The van der Waals surface area contributed by atoms with Crippen LogP contribution < -0.4 is 10.9 Å². The Hall–Kier alpha value is -3.54. The number of aromatic nitrogens is 2. The number of hydrogen-bond acceptors (Lipinski definition) is 6. The lowest BCUT2D eigenvalue weighted by atomic mass is 9.91. The van der Waals surface area contributed by atoms with Crippen LogP contribution in [0.5, 0.6) is 0 Å². The number of amides is 1. The van der Waals surface area contributed by atoms with Crippen molar-refractivity contribution in [3.8, 4) is 11.1 Å². The highest BCUT2D eigenvalue weighted by Crippen LogP contribution is 2.33.